The van der Waals surface area contributed by atoms with E-state index in [9.17, 15) is 24.3 Å². The molecule has 1 N–H and O–H groups in total. The van der Waals surface area contributed by atoms with Crippen molar-refractivity contribution < 1.29 is 38.5 Å². The molecule has 10 heteroatoms. The molecule has 6 atom stereocenters. The van der Waals surface area contributed by atoms with E-state index in [2.05, 4.69) is 0 Å². The van der Waals surface area contributed by atoms with Crippen LogP contribution in [0.5, 0.6) is 17.2 Å². The van der Waals surface area contributed by atoms with Crippen LogP contribution in [-0.4, -0.2) is 56.2 Å². The summed E-state index contributed by atoms with van der Waals surface area (Å²) in [6.07, 6.45) is 6.51. The molecule has 2 saturated heterocycles. The Labute approximate surface area is 319 Å². The van der Waals surface area contributed by atoms with E-state index in [0.29, 0.717) is 35.0 Å². The van der Waals surface area contributed by atoms with Gasteiger partial charge in [0.05, 0.1) is 55.4 Å². The largest absolute Gasteiger partial charge is 0.497 e. The van der Waals surface area contributed by atoms with Crippen molar-refractivity contribution in [1.82, 2.24) is 0 Å². The lowest BCUT2D eigenvalue weighted by molar-refractivity contribution is -0.131. The molecule has 4 aromatic carbocycles. The van der Waals surface area contributed by atoms with Gasteiger partial charge in [-0.2, -0.15) is 0 Å². The van der Waals surface area contributed by atoms with Gasteiger partial charge in [0.2, 0.25) is 23.6 Å². The van der Waals surface area contributed by atoms with Crippen molar-refractivity contribution in [3.63, 3.8) is 0 Å². The molecule has 4 aliphatic rings. The lowest BCUT2D eigenvalue weighted by atomic mass is 9.51. The van der Waals surface area contributed by atoms with Crippen molar-refractivity contribution in [3.8, 4) is 17.2 Å². The van der Waals surface area contributed by atoms with Gasteiger partial charge in [-0.1, -0.05) is 66.3 Å². The highest BCUT2D eigenvalue weighted by atomic mass is 16.5. The van der Waals surface area contributed by atoms with Crippen molar-refractivity contribution in [2.45, 2.75) is 25.7 Å². The zero-order chi connectivity index (χ0) is 38.4. The Morgan fingerprint density at radius 2 is 1.47 bits per heavy atom. The van der Waals surface area contributed by atoms with Crippen LogP contribution in [0.25, 0.3) is 12.2 Å². The number of carbonyl (C=O) groups is 4. The van der Waals surface area contributed by atoms with Gasteiger partial charge < -0.3 is 19.3 Å². The molecule has 4 aromatic rings. The molecule has 0 spiro atoms. The van der Waals surface area contributed by atoms with Gasteiger partial charge in [0.25, 0.3) is 0 Å². The molecule has 280 valence electrons. The zero-order valence-corrected chi connectivity index (χ0v) is 30.9. The van der Waals surface area contributed by atoms with Crippen molar-refractivity contribution in [2.24, 2.45) is 29.1 Å². The van der Waals surface area contributed by atoms with Gasteiger partial charge in [0.15, 0.2) is 0 Å². The van der Waals surface area contributed by atoms with E-state index in [1.54, 1.807) is 62.8 Å². The molecule has 0 bridgehead atoms. The van der Waals surface area contributed by atoms with E-state index in [1.807, 2.05) is 73.7 Å². The minimum Gasteiger partial charge on any atom is -0.497 e. The predicted molar refractivity (Wildman–Crippen MR) is 207 cm³/mol. The maximum Gasteiger partial charge on any atom is 0.241 e. The summed E-state index contributed by atoms with van der Waals surface area (Å²) in [6, 6.07) is 29.2. The number of para-hydroxylation sites is 1. The van der Waals surface area contributed by atoms with Crippen LogP contribution >= 0.6 is 0 Å². The average molecular weight is 739 g/mol. The predicted octanol–water partition coefficient (Wildman–Crippen LogP) is 6.68. The SMILES string of the molecule is COc1ccc(OC)c(C=Cc2ccc(N3C(=O)[C@H]4[C@H](CC=C5[C@H]4C[C@H]4C(=O)N(c6ccccc6)C(=O)[C@@]4(C)[C@H]5c4ccc(OCCO)cc4)C3=O)cc2)c1. The van der Waals surface area contributed by atoms with Gasteiger partial charge in [-0.25, -0.2) is 4.90 Å². The van der Waals surface area contributed by atoms with Crippen molar-refractivity contribution in [2.75, 3.05) is 37.2 Å². The molecule has 3 fully saturated rings. The second-order valence-corrected chi connectivity index (χ2v) is 14.7. The summed E-state index contributed by atoms with van der Waals surface area (Å²) in [6.45, 7) is 1.89. The topological polar surface area (TPSA) is 123 Å². The van der Waals surface area contributed by atoms with Crippen LogP contribution in [0.1, 0.15) is 42.4 Å². The number of carbonyl (C=O) groups excluding carboxylic acids is 4. The number of rotatable bonds is 10. The molecule has 1 saturated carbocycles. The fraction of sp³-hybridized carbons (Fsp3) is 0.289. The number of allylic oxidation sites excluding steroid dienone is 2. The first-order valence-electron chi connectivity index (χ1n) is 18.5. The fourth-order valence-corrected chi connectivity index (χ4v) is 9.28. The molecular formula is C45H42N2O8. The van der Waals surface area contributed by atoms with E-state index in [1.165, 1.54) is 9.80 Å². The summed E-state index contributed by atoms with van der Waals surface area (Å²) < 4.78 is 16.5. The summed E-state index contributed by atoms with van der Waals surface area (Å²) in [4.78, 5) is 60.3. The number of fused-ring (bicyclic) bond motifs is 4. The third-order valence-corrected chi connectivity index (χ3v) is 11.9. The van der Waals surface area contributed by atoms with Gasteiger partial charge in [0.1, 0.15) is 23.9 Å². The average Bonchev–Trinajstić information content (AvgIpc) is 3.59. The summed E-state index contributed by atoms with van der Waals surface area (Å²) in [5.41, 5.74) is 3.29. The van der Waals surface area contributed by atoms with Crippen LogP contribution < -0.4 is 24.0 Å². The molecule has 8 rings (SSSR count). The van der Waals surface area contributed by atoms with Crippen molar-refractivity contribution in [1.29, 1.82) is 0 Å². The quantitative estimate of drug-likeness (QED) is 0.109. The van der Waals surface area contributed by atoms with Crippen molar-refractivity contribution in [3.05, 3.63) is 125 Å². The normalized spacial score (nSPS) is 25.8. The zero-order valence-electron chi connectivity index (χ0n) is 30.9. The van der Waals surface area contributed by atoms with Crippen LogP contribution in [0.4, 0.5) is 11.4 Å². The summed E-state index contributed by atoms with van der Waals surface area (Å²) in [7, 11) is 3.22. The number of methoxy groups -OCH3 is 2. The van der Waals surface area contributed by atoms with Crippen LogP contribution in [0.3, 0.4) is 0 Å². The molecule has 2 aliphatic heterocycles. The minimum atomic E-state index is -1.14. The number of aliphatic hydroxyl groups excluding tert-OH is 1. The maximum absolute atomic E-state index is 14.6. The number of amides is 4. The van der Waals surface area contributed by atoms with Gasteiger partial charge in [0, 0.05) is 11.5 Å². The molecule has 2 aliphatic carbocycles. The van der Waals surface area contributed by atoms with Gasteiger partial charge in [-0.15, -0.1) is 0 Å². The Morgan fingerprint density at radius 1 is 0.764 bits per heavy atom. The third kappa shape index (κ3) is 5.92. The molecule has 0 aromatic heterocycles. The number of aliphatic hydroxyl groups is 1. The Morgan fingerprint density at radius 3 is 2.16 bits per heavy atom. The van der Waals surface area contributed by atoms with Crippen LogP contribution in [0, 0.1) is 29.1 Å². The van der Waals surface area contributed by atoms with E-state index in [0.717, 1.165) is 22.3 Å². The van der Waals surface area contributed by atoms with E-state index < -0.39 is 35.0 Å². The standard InChI is InChI=1S/C45H42N2O8/c1-45-37(42(50)47(44(45)52)30-7-5-4-6-8-30)26-36-34(40(45)28-13-17-32(18-14-28)55-24-23-48)20-21-35-39(36)43(51)46(41(35)49)31-15-10-27(11-16-31)9-12-29-25-33(53-2)19-22-38(29)54-3/h4-20,22,25,35-37,39-40,48H,21,23-24,26H2,1-3H3/t35-,36+,37-,39-,40-,45+/m0/s1. The third-order valence-electron chi connectivity index (χ3n) is 11.9. The Balaban J connectivity index is 1.12. The molecule has 4 amide bonds. The first-order valence-corrected chi connectivity index (χ1v) is 18.5. The first-order chi connectivity index (χ1) is 26.7. The Hall–Kier alpha value is -6.00. The second kappa shape index (κ2) is 14.3. The molecule has 0 radical (unpaired) electrons. The highest BCUT2D eigenvalue weighted by molar-refractivity contribution is 6.25. The second-order valence-electron chi connectivity index (χ2n) is 14.7. The number of benzene rings is 4. The van der Waals surface area contributed by atoms with E-state index >= 15 is 0 Å². The summed E-state index contributed by atoms with van der Waals surface area (Å²) >= 11 is 0. The Bertz CT molecular complexity index is 2210. The highest BCUT2D eigenvalue weighted by Crippen LogP contribution is 2.63. The van der Waals surface area contributed by atoms with Gasteiger partial charge in [-0.05, 0) is 91.4 Å². The monoisotopic (exact) mass is 738 g/mol. The number of hydrogen-bond donors (Lipinski definition) is 1. The van der Waals surface area contributed by atoms with Crippen LogP contribution in [0.15, 0.2) is 109 Å². The molecule has 2 heterocycles. The summed E-state index contributed by atoms with van der Waals surface area (Å²) in [5.74, 6) is -2.10. The van der Waals surface area contributed by atoms with Gasteiger partial charge >= 0.3 is 0 Å². The van der Waals surface area contributed by atoms with E-state index in [-0.39, 0.29) is 43.3 Å². The lowest BCUT2D eigenvalue weighted by Gasteiger charge is -2.49. The number of hydrogen-bond acceptors (Lipinski definition) is 8. The van der Waals surface area contributed by atoms with Gasteiger partial charge in [-0.3, -0.25) is 24.1 Å². The van der Waals surface area contributed by atoms with Crippen LogP contribution in [-0.2, 0) is 19.2 Å². The Kier molecular flexibility index (Phi) is 9.38. The smallest absolute Gasteiger partial charge is 0.241 e. The number of nitrogens with zero attached hydrogens (tertiary/aromatic N) is 2. The molecule has 0 unspecified atom stereocenters. The first kappa shape index (κ1) is 36.0. The van der Waals surface area contributed by atoms with Crippen molar-refractivity contribution >= 4 is 47.2 Å². The number of imide groups is 2. The molecule has 55 heavy (non-hydrogen) atoms. The maximum atomic E-state index is 14.6. The van der Waals surface area contributed by atoms with E-state index in [4.69, 9.17) is 14.2 Å². The molecule has 10 nitrogen and oxygen atoms in total. The summed E-state index contributed by atoms with van der Waals surface area (Å²) in [5, 5.41) is 9.26. The lowest BCUT2D eigenvalue weighted by Crippen LogP contribution is -2.48. The van der Waals surface area contributed by atoms with Crippen LogP contribution in [0.2, 0.25) is 0 Å². The number of ether oxygens (including phenoxy) is 3. The number of anilines is 2. The molecular weight excluding hydrogens is 697 g/mol. The fourth-order valence-electron chi connectivity index (χ4n) is 9.28. The minimum absolute atomic E-state index is 0.127. The highest BCUT2D eigenvalue weighted by Gasteiger charge is 2.67.